The average molecular weight is 270 g/mol. The standard InChI is InChI=1S/C16H18N2O2/c1-12-5-3-7-14(17-12)11-18(2)16(20)10-13-6-4-8-15(19)9-13/h3-9,19H,10-11H2,1-2H3. The minimum atomic E-state index is -0.00101. The highest BCUT2D eigenvalue weighted by Crippen LogP contribution is 2.12. The number of aryl methyl sites for hydroxylation is 1. The summed E-state index contributed by atoms with van der Waals surface area (Å²) in [7, 11) is 1.76. The fraction of sp³-hybridized carbons (Fsp3) is 0.250. The van der Waals surface area contributed by atoms with Crippen LogP contribution in [-0.4, -0.2) is 27.9 Å². The molecule has 104 valence electrons. The summed E-state index contributed by atoms with van der Waals surface area (Å²) in [6.45, 7) is 2.41. The van der Waals surface area contributed by atoms with Crippen LogP contribution in [-0.2, 0) is 17.8 Å². The van der Waals surface area contributed by atoms with Gasteiger partial charge < -0.3 is 10.0 Å². The Kier molecular flexibility index (Phi) is 4.35. The molecule has 20 heavy (non-hydrogen) atoms. The van der Waals surface area contributed by atoms with Crippen LogP contribution < -0.4 is 0 Å². The van der Waals surface area contributed by atoms with Crippen LogP contribution >= 0.6 is 0 Å². The predicted molar refractivity (Wildman–Crippen MR) is 77.3 cm³/mol. The molecule has 0 spiro atoms. The van der Waals surface area contributed by atoms with Crippen LogP contribution in [0.3, 0.4) is 0 Å². The number of carbonyl (C=O) groups is 1. The lowest BCUT2D eigenvalue weighted by Crippen LogP contribution is -2.28. The van der Waals surface area contributed by atoms with Gasteiger partial charge in [0.25, 0.3) is 0 Å². The topological polar surface area (TPSA) is 53.4 Å². The Morgan fingerprint density at radius 1 is 1.25 bits per heavy atom. The highest BCUT2D eigenvalue weighted by atomic mass is 16.3. The van der Waals surface area contributed by atoms with Crippen molar-refractivity contribution in [1.29, 1.82) is 0 Å². The molecule has 4 nitrogen and oxygen atoms in total. The third-order valence-electron chi connectivity index (χ3n) is 3.04. The van der Waals surface area contributed by atoms with Crippen molar-refractivity contribution in [2.75, 3.05) is 7.05 Å². The zero-order chi connectivity index (χ0) is 14.5. The largest absolute Gasteiger partial charge is 0.508 e. The zero-order valence-electron chi connectivity index (χ0n) is 11.7. The molecule has 1 aromatic carbocycles. The summed E-state index contributed by atoms with van der Waals surface area (Å²) in [5, 5.41) is 9.40. The van der Waals surface area contributed by atoms with Gasteiger partial charge in [0.05, 0.1) is 18.7 Å². The number of benzene rings is 1. The Morgan fingerprint density at radius 2 is 2.00 bits per heavy atom. The number of carbonyl (C=O) groups excluding carboxylic acids is 1. The average Bonchev–Trinajstić information content (AvgIpc) is 2.38. The van der Waals surface area contributed by atoms with Gasteiger partial charge in [-0.15, -0.1) is 0 Å². The number of hydrogen-bond acceptors (Lipinski definition) is 3. The van der Waals surface area contributed by atoms with Crippen LogP contribution in [0, 0.1) is 6.92 Å². The van der Waals surface area contributed by atoms with E-state index in [4.69, 9.17) is 0 Å². The number of phenols is 1. The Labute approximate surface area is 118 Å². The van der Waals surface area contributed by atoms with E-state index < -0.39 is 0 Å². The Morgan fingerprint density at radius 3 is 2.70 bits per heavy atom. The van der Waals surface area contributed by atoms with E-state index in [1.165, 1.54) is 0 Å². The second kappa shape index (κ2) is 6.19. The van der Waals surface area contributed by atoms with E-state index in [0.717, 1.165) is 17.0 Å². The number of likely N-dealkylation sites (N-methyl/N-ethyl adjacent to an activating group) is 1. The Hall–Kier alpha value is -2.36. The van der Waals surface area contributed by atoms with E-state index in [-0.39, 0.29) is 18.1 Å². The van der Waals surface area contributed by atoms with Gasteiger partial charge in [0.15, 0.2) is 0 Å². The van der Waals surface area contributed by atoms with Crippen molar-refractivity contribution < 1.29 is 9.90 Å². The zero-order valence-corrected chi connectivity index (χ0v) is 11.7. The fourth-order valence-electron chi connectivity index (χ4n) is 1.99. The highest BCUT2D eigenvalue weighted by molar-refractivity contribution is 5.78. The van der Waals surface area contributed by atoms with E-state index in [1.807, 2.05) is 31.2 Å². The Balaban J connectivity index is 1.98. The molecule has 2 rings (SSSR count). The van der Waals surface area contributed by atoms with Crippen LogP contribution in [0.1, 0.15) is 17.0 Å². The van der Waals surface area contributed by atoms with Crippen molar-refractivity contribution in [3.8, 4) is 5.75 Å². The molecule has 0 saturated carbocycles. The number of hydrogen-bond donors (Lipinski definition) is 1. The van der Waals surface area contributed by atoms with Crippen molar-refractivity contribution in [2.24, 2.45) is 0 Å². The smallest absolute Gasteiger partial charge is 0.227 e. The molecule has 0 saturated heterocycles. The van der Waals surface area contributed by atoms with Crippen LogP contribution in [0.5, 0.6) is 5.75 Å². The van der Waals surface area contributed by atoms with E-state index in [0.29, 0.717) is 6.54 Å². The molecule has 0 aliphatic heterocycles. The number of rotatable bonds is 4. The molecule has 0 atom stereocenters. The number of nitrogens with zero attached hydrogens (tertiary/aromatic N) is 2. The molecule has 0 bridgehead atoms. The molecule has 0 aliphatic rings. The van der Waals surface area contributed by atoms with Gasteiger partial charge in [0.2, 0.25) is 5.91 Å². The molecule has 1 heterocycles. The molecule has 4 heteroatoms. The number of phenolic OH excluding ortho intramolecular Hbond substituents is 1. The first-order valence-electron chi connectivity index (χ1n) is 6.49. The van der Waals surface area contributed by atoms with Gasteiger partial charge >= 0.3 is 0 Å². The van der Waals surface area contributed by atoms with Crippen LogP contribution in [0.15, 0.2) is 42.5 Å². The van der Waals surface area contributed by atoms with E-state index in [9.17, 15) is 9.90 Å². The SMILES string of the molecule is Cc1cccc(CN(C)C(=O)Cc2cccc(O)c2)n1. The lowest BCUT2D eigenvalue weighted by atomic mass is 10.1. The molecule has 1 amide bonds. The fourth-order valence-corrected chi connectivity index (χ4v) is 1.99. The molecule has 0 radical (unpaired) electrons. The van der Waals surface area contributed by atoms with Gasteiger partial charge in [0.1, 0.15) is 5.75 Å². The monoisotopic (exact) mass is 270 g/mol. The molecule has 0 aliphatic carbocycles. The first-order chi connectivity index (χ1) is 9.54. The summed E-state index contributed by atoms with van der Waals surface area (Å²) in [5.74, 6) is 0.178. The van der Waals surface area contributed by atoms with Crippen molar-refractivity contribution >= 4 is 5.91 Å². The van der Waals surface area contributed by atoms with Crippen molar-refractivity contribution in [1.82, 2.24) is 9.88 Å². The van der Waals surface area contributed by atoms with Crippen molar-refractivity contribution in [3.63, 3.8) is 0 Å². The van der Waals surface area contributed by atoms with Crippen LogP contribution in [0.2, 0.25) is 0 Å². The van der Waals surface area contributed by atoms with Gasteiger partial charge in [-0.2, -0.15) is 0 Å². The minimum absolute atomic E-state index is 0.00101. The van der Waals surface area contributed by atoms with E-state index in [2.05, 4.69) is 4.98 Å². The van der Waals surface area contributed by atoms with Crippen molar-refractivity contribution in [3.05, 3.63) is 59.4 Å². The maximum atomic E-state index is 12.1. The van der Waals surface area contributed by atoms with Crippen LogP contribution in [0.4, 0.5) is 0 Å². The lowest BCUT2D eigenvalue weighted by molar-refractivity contribution is -0.129. The first-order valence-corrected chi connectivity index (χ1v) is 6.49. The summed E-state index contributed by atoms with van der Waals surface area (Å²) >= 11 is 0. The molecule has 0 unspecified atom stereocenters. The van der Waals surface area contributed by atoms with Gasteiger partial charge in [-0.25, -0.2) is 0 Å². The number of pyridine rings is 1. The van der Waals surface area contributed by atoms with E-state index >= 15 is 0 Å². The summed E-state index contributed by atoms with van der Waals surface area (Å²) in [6.07, 6.45) is 0.275. The lowest BCUT2D eigenvalue weighted by Gasteiger charge is -2.17. The molecule has 1 N–H and O–H groups in total. The van der Waals surface area contributed by atoms with Gasteiger partial charge in [0, 0.05) is 12.7 Å². The molecule has 2 aromatic rings. The second-order valence-electron chi connectivity index (χ2n) is 4.87. The quantitative estimate of drug-likeness (QED) is 0.927. The molecule has 0 fully saturated rings. The third kappa shape index (κ3) is 3.82. The van der Waals surface area contributed by atoms with E-state index in [1.54, 1.807) is 30.1 Å². The summed E-state index contributed by atoms with van der Waals surface area (Å²) in [6, 6.07) is 12.5. The molecular formula is C16H18N2O2. The summed E-state index contributed by atoms with van der Waals surface area (Å²) < 4.78 is 0. The first kappa shape index (κ1) is 14.1. The minimum Gasteiger partial charge on any atom is -0.508 e. The summed E-state index contributed by atoms with van der Waals surface area (Å²) in [4.78, 5) is 18.2. The summed E-state index contributed by atoms with van der Waals surface area (Å²) in [5.41, 5.74) is 2.62. The van der Waals surface area contributed by atoms with Gasteiger partial charge in [-0.1, -0.05) is 18.2 Å². The number of amides is 1. The van der Waals surface area contributed by atoms with Gasteiger partial charge in [-0.05, 0) is 36.8 Å². The van der Waals surface area contributed by atoms with Crippen LogP contribution in [0.25, 0.3) is 0 Å². The van der Waals surface area contributed by atoms with Crippen molar-refractivity contribution in [2.45, 2.75) is 19.9 Å². The maximum absolute atomic E-state index is 12.1. The maximum Gasteiger partial charge on any atom is 0.227 e. The molecular weight excluding hydrogens is 252 g/mol. The number of aromatic hydroxyl groups is 1. The second-order valence-corrected chi connectivity index (χ2v) is 4.87. The third-order valence-corrected chi connectivity index (χ3v) is 3.04. The molecule has 1 aromatic heterocycles. The normalized spacial score (nSPS) is 10.3. The highest BCUT2D eigenvalue weighted by Gasteiger charge is 2.11. The Bertz CT molecular complexity index is 611. The van der Waals surface area contributed by atoms with Gasteiger partial charge in [-0.3, -0.25) is 9.78 Å². The number of aromatic nitrogens is 1. The predicted octanol–water partition coefficient (Wildman–Crippen LogP) is 2.30.